The molecule has 5 rings (SSSR count). The largest absolute Gasteiger partial charge is 0.347 e. The molecule has 0 radical (unpaired) electrons. The number of hydrogen-bond acceptors (Lipinski definition) is 6. The number of carbonyl (C=O) groups is 2. The summed E-state index contributed by atoms with van der Waals surface area (Å²) in [5.41, 5.74) is -0.327. The van der Waals surface area contributed by atoms with Crippen molar-refractivity contribution >= 4 is 11.7 Å². The maximum absolute atomic E-state index is 13.7. The first-order chi connectivity index (χ1) is 15.4. The van der Waals surface area contributed by atoms with Gasteiger partial charge in [-0.15, -0.1) is 0 Å². The first-order valence-electron chi connectivity index (χ1n) is 10.5. The van der Waals surface area contributed by atoms with Gasteiger partial charge < -0.3 is 9.64 Å². The summed E-state index contributed by atoms with van der Waals surface area (Å²) in [7, 11) is 0. The number of halogens is 2. The van der Waals surface area contributed by atoms with Gasteiger partial charge in [0.2, 0.25) is 0 Å². The Labute approximate surface area is 183 Å². The summed E-state index contributed by atoms with van der Waals surface area (Å²) in [6.45, 7) is 0.459. The molecule has 2 aromatic rings. The molecule has 1 unspecified atom stereocenters. The van der Waals surface area contributed by atoms with Crippen LogP contribution in [-0.4, -0.2) is 57.9 Å². The second kappa shape index (κ2) is 7.73. The predicted octanol–water partition coefficient (Wildman–Crippen LogP) is 2.58. The third-order valence-electron chi connectivity index (χ3n) is 6.57. The van der Waals surface area contributed by atoms with E-state index in [0.717, 1.165) is 6.07 Å². The number of nitriles is 1. The Morgan fingerprint density at radius 1 is 1.25 bits per heavy atom. The van der Waals surface area contributed by atoms with E-state index in [2.05, 4.69) is 4.98 Å². The minimum absolute atomic E-state index is 0.0277. The lowest BCUT2D eigenvalue weighted by Gasteiger charge is -2.37. The van der Waals surface area contributed by atoms with Crippen molar-refractivity contribution < 1.29 is 23.1 Å². The molecule has 7 nitrogen and oxygen atoms in total. The van der Waals surface area contributed by atoms with Crippen molar-refractivity contribution in [3.8, 4) is 6.07 Å². The molecule has 9 heteroatoms. The highest BCUT2D eigenvalue weighted by atomic mass is 19.1. The van der Waals surface area contributed by atoms with Gasteiger partial charge >= 0.3 is 0 Å². The molecule has 1 amide bonds. The third-order valence-corrected chi connectivity index (χ3v) is 6.57. The Kier molecular flexibility index (Phi) is 4.99. The van der Waals surface area contributed by atoms with Crippen LogP contribution in [-0.2, 0) is 9.53 Å². The number of rotatable bonds is 2. The molecule has 164 valence electrons. The van der Waals surface area contributed by atoms with E-state index in [9.17, 15) is 23.6 Å². The molecule has 3 aliphatic heterocycles. The molecule has 0 saturated carbocycles. The highest BCUT2D eigenvalue weighted by molar-refractivity contribution is 5.99. The van der Waals surface area contributed by atoms with Crippen LogP contribution >= 0.6 is 0 Å². The zero-order valence-electron chi connectivity index (χ0n) is 17.1. The molecular formula is C23H20F2N4O3. The highest BCUT2D eigenvalue weighted by Gasteiger charge is 2.56. The van der Waals surface area contributed by atoms with Crippen LogP contribution in [0.2, 0.25) is 0 Å². The van der Waals surface area contributed by atoms with Crippen molar-refractivity contribution in [3.05, 3.63) is 65.0 Å². The summed E-state index contributed by atoms with van der Waals surface area (Å²) in [6.07, 6.45) is 2.77. The van der Waals surface area contributed by atoms with Crippen LogP contribution in [0.1, 0.15) is 46.9 Å². The van der Waals surface area contributed by atoms with Gasteiger partial charge in [0.05, 0.1) is 12.1 Å². The zero-order chi connectivity index (χ0) is 22.5. The van der Waals surface area contributed by atoms with Crippen molar-refractivity contribution in [2.45, 2.75) is 37.1 Å². The number of ether oxygens (including phenoxy) is 1. The van der Waals surface area contributed by atoms with E-state index >= 15 is 0 Å². The maximum Gasteiger partial charge on any atom is 0.274 e. The minimum atomic E-state index is -1.05. The number of carbonyl (C=O) groups excluding carboxylic acids is 2. The summed E-state index contributed by atoms with van der Waals surface area (Å²) < 4.78 is 33.7. The van der Waals surface area contributed by atoms with Gasteiger partial charge in [0.25, 0.3) is 5.91 Å². The van der Waals surface area contributed by atoms with E-state index < -0.39 is 23.1 Å². The Hall–Kier alpha value is -3.22. The van der Waals surface area contributed by atoms with Gasteiger partial charge in [0.1, 0.15) is 35.2 Å². The number of hydrogen-bond donors (Lipinski definition) is 0. The molecule has 1 aromatic carbocycles. The summed E-state index contributed by atoms with van der Waals surface area (Å²) in [5.74, 6) is -1.94. The average molecular weight is 438 g/mol. The minimum Gasteiger partial charge on any atom is -0.347 e. The number of fused-ring (bicyclic) bond motifs is 1. The summed E-state index contributed by atoms with van der Waals surface area (Å²) in [6, 6.07) is 8.29. The fraction of sp³-hybridized carbons (Fsp3) is 0.391. The number of amides is 1. The van der Waals surface area contributed by atoms with E-state index in [1.807, 2.05) is 11.0 Å². The van der Waals surface area contributed by atoms with Gasteiger partial charge in [-0.05, 0) is 42.7 Å². The number of piperidine rings is 1. The Morgan fingerprint density at radius 3 is 2.75 bits per heavy atom. The van der Waals surface area contributed by atoms with Crippen molar-refractivity contribution in [2.75, 3.05) is 19.6 Å². The van der Waals surface area contributed by atoms with E-state index in [-0.39, 0.29) is 42.4 Å². The molecule has 0 aliphatic carbocycles. The molecule has 3 atom stereocenters. The molecule has 1 aromatic heterocycles. The molecule has 3 saturated heterocycles. The summed E-state index contributed by atoms with van der Waals surface area (Å²) >= 11 is 0. The van der Waals surface area contributed by atoms with Crippen LogP contribution < -0.4 is 0 Å². The van der Waals surface area contributed by atoms with Gasteiger partial charge in [-0.1, -0.05) is 0 Å². The van der Waals surface area contributed by atoms with Crippen molar-refractivity contribution in [3.63, 3.8) is 0 Å². The second-order valence-electron chi connectivity index (χ2n) is 8.45. The average Bonchev–Trinajstić information content (AvgIpc) is 3.32. The van der Waals surface area contributed by atoms with Crippen LogP contribution in [0.15, 0.2) is 36.5 Å². The van der Waals surface area contributed by atoms with Crippen LogP contribution in [0.3, 0.4) is 0 Å². The summed E-state index contributed by atoms with van der Waals surface area (Å²) in [4.78, 5) is 33.4. The Balaban J connectivity index is 1.32. The SMILES string of the molecule is N#Cc1cccnc1C(=O)N1CCC2(CN3[C@@H](CC[C@H]3c3cc(F)cc(F)c3)O2)C(=O)C1. The molecule has 0 N–H and O–H groups in total. The smallest absolute Gasteiger partial charge is 0.274 e. The second-order valence-corrected chi connectivity index (χ2v) is 8.45. The van der Waals surface area contributed by atoms with Crippen molar-refractivity contribution in [1.29, 1.82) is 5.26 Å². The standard InChI is InChI=1S/C23H20F2N4O3/c24-16-8-15(9-17(25)10-16)18-3-4-20-29(18)13-23(32-20)5-7-28(12-19(23)30)22(31)21-14(11-26)2-1-6-27-21/h1-2,6,8-10,18,20H,3-5,7,12-13H2/t18-,20+,23?/m0/s1. The number of benzene rings is 1. The number of pyridine rings is 1. The molecule has 3 aliphatic rings. The third kappa shape index (κ3) is 3.36. The topological polar surface area (TPSA) is 86.5 Å². The number of nitrogens with zero attached hydrogens (tertiary/aromatic N) is 4. The maximum atomic E-state index is 13.7. The van der Waals surface area contributed by atoms with Crippen LogP contribution in [0.5, 0.6) is 0 Å². The van der Waals surface area contributed by atoms with E-state index in [0.29, 0.717) is 31.4 Å². The predicted molar refractivity (Wildman–Crippen MR) is 107 cm³/mol. The van der Waals surface area contributed by atoms with Crippen molar-refractivity contribution in [2.24, 2.45) is 0 Å². The normalized spacial score (nSPS) is 27.5. The van der Waals surface area contributed by atoms with Gasteiger partial charge in [-0.25, -0.2) is 13.8 Å². The lowest BCUT2D eigenvalue weighted by atomic mass is 9.89. The van der Waals surface area contributed by atoms with E-state index in [1.165, 1.54) is 29.3 Å². The van der Waals surface area contributed by atoms with Crippen LogP contribution in [0, 0.1) is 23.0 Å². The van der Waals surface area contributed by atoms with Crippen LogP contribution in [0.4, 0.5) is 8.78 Å². The van der Waals surface area contributed by atoms with Crippen LogP contribution in [0.25, 0.3) is 0 Å². The molecule has 0 bridgehead atoms. The lowest BCUT2D eigenvalue weighted by Crippen LogP contribution is -2.56. The molecular weight excluding hydrogens is 418 g/mol. The van der Waals surface area contributed by atoms with Gasteiger partial charge in [0, 0.05) is 37.8 Å². The van der Waals surface area contributed by atoms with E-state index in [1.54, 1.807) is 6.07 Å². The molecule has 3 fully saturated rings. The number of aromatic nitrogens is 1. The monoisotopic (exact) mass is 438 g/mol. The Bertz CT molecular complexity index is 1130. The molecule has 4 heterocycles. The number of Topliss-reactive ketones (excluding diaryl/α,β-unsaturated/α-hetero) is 1. The number of likely N-dealkylation sites (tertiary alicyclic amines) is 1. The fourth-order valence-electron chi connectivity index (χ4n) is 5.02. The first kappa shape index (κ1) is 20.7. The van der Waals surface area contributed by atoms with Gasteiger partial charge in [0.15, 0.2) is 5.78 Å². The fourth-order valence-corrected chi connectivity index (χ4v) is 5.02. The zero-order valence-corrected chi connectivity index (χ0v) is 17.1. The van der Waals surface area contributed by atoms with E-state index in [4.69, 9.17) is 4.74 Å². The quantitative estimate of drug-likeness (QED) is 0.717. The highest BCUT2D eigenvalue weighted by Crippen LogP contribution is 2.46. The first-order valence-corrected chi connectivity index (χ1v) is 10.5. The van der Waals surface area contributed by atoms with Crippen molar-refractivity contribution in [1.82, 2.24) is 14.8 Å². The molecule has 1 spiro atoms. The van der Waals surface area contributed by atoms with Gasteiger partial charge in [-0.2, -0.15) is 5.26 Å². The molecule has 32 heavy (non-hydrogen) atoms. The Morgan fingerprint density at radius 2 is 2.03 bits per heavy atom. The number of ketones is 1. The summed E-state index contributed by atoms with van der Waals surface area (Å²) in [5, 5.41) is 9.23. The lowest BCUT2D eigenvalue weighted by molar-refractivity contribution is -0.148. The van der Waals surface area contributed by atoms with Gasteiger partial charge in [-0.3, -0.25) is 14.5 Å².